The van der Waals surface area contributed by atoms with Crippen LogP contribution in [-0.4, -0.2) is 13.1 Å². The average Bonchev–Trinajstić information content (AvgIpc) is 2.43. The van der Waals surface area contributed by atoms with Crippen LogP contribution in [0.15, 0.2) is 12.1 Å². The third-order valence-electron chi connectivity index (χ3n) is 3.48. The van der Waals surface area contributed by atoms with Gasteiger partial charge in [0.05, 0.1) is 0 Å². The predicted molar refractivity (Wildman–Crippen MR) is 82.7 cm³/mol. The highest BCUT2D eigenvalue weighted by Crippen LogP contribution is 2.35. The van der Waals surface area contributed by atoms with Gasteiger partial charge in [-0.15, -0.1) is 0 Å². The maximum atomic E-state index is 2.59. The monoisotopic (exact) mass is 247 g/mol. The van der Waals surface area contributed by atoms with Crippen molar-refractivity contribution in [3.63, 3.8) is 0 Å². The second-order valence-corrected chi connectivity index (χ2v) is 4.63. The summed E-state index contributed by atoms with van der Waals surface area (Å²) in [5.41, 5.74) is 6.24. The van der Waals surface area contributed by atoms with Crippen LogP contribution in [0.5, 0.6) is 0 Å². The number of nitrogens with zero attached hydrogens (tertiary/aromatic N) is 1. The maximum Gasteiger partial charge on any atom is 0.0431 e. The summed E-state index contributed by atoms with van der Waals surface area (Å²) in [6.45, 7) is 12.8. The molecule has 0 bridgehead atoms. The minimum absolute atomic E-state index is 1.28. The van der Waals surface area contributed by atoms with Crippen molar-refractivity contribution in [2.75, 3.05) is 18.0 Å². The van der Waals surface area contributed by atoms with E-state index in [9.17, 15) is 0 Å². The molecule has 0 aliphatic carbocycles. The van der Waals surface area contributed by atoms with Gasteiger partial charge >= 0.3 is 0 Å². The number of aryl methyl sites for hydroxylation is 3. The molecule has 3 rings (SSSR count). The van der Waals surface area contributed by atoms with Gasteiger partial charge in [-0.25, -0.2) is 0 Å². The van der Waals surface area contributed by atoms with Gasteiger partial charge in [-0.2, -0.15) is 0 Å². The van der Waals surface area contributed by atoms with Crippen molar-refractivity contribution in [3.8, 4) is 0 Å². The third kappa shape index (κ3) is 3.07. The molecule has 0 N–H and O–H groups in total. The fraction of sp³-hybridized carbons (Fsp3) is 0.647. The lowest BCUT2D eigenvalue weighted by Crippen LogP contribution is -2.34. The van der Waals surface area contributed by atoms with Crippen molar-refractivity contribution in [1.82, 2.24) is 0 Å². The summed E-state index contributed by atoms with van der Waals surface area (Å²) in [4.78, 5) is 2.59. The molecule has 18 heavy (non-hydrogen) atoms. The van der Waals surface area contributed by atoms with Gasteiger partial charge in [0, 0.05) is 18.8 Å². The highest BCUT2D eigenvalue weighted by molar-refractivity contribution is 5.63. The van der Waals surface area contributed by atoms with E-state index < -0.39 is 0 Å². The first-order valence-electron chi connectivity index (χ1n) is 7.72. The van der Waals surface area contributed by atoms with Crippen LogP contribution in [0.25, 0.3) is 0 Å². The summed E-state index contributed by atoms with van der Waals surface area (Å²) in [5.74, 6) is 0. The molecule has 2 heterocycles. The van der Waals surface area contributed by atoms with E-state index in [2.05, 4.69) is 24.0 Å². The summed E-state index contributed by atoms with van der Waals surface area (Å²) < 4.78 is 0. The quantitative estimate of drug-likeness (QED) is 0.639. The largest absolute Gasteiger partial charge is 0.371 e. The minimum atomic E-state index is 1.28. The number of hydrogen-bond acceptors (Lipinski definition) is 1. The van der Waals surface area contributed by atoms with Crippen molar-refractivity contribution in [2.24, 2.45) is 0 Å². The Morgan fingerprint density at radius 1 is 0.833 bits per heavy atom. The molecule has 0 aromatic heterocycles. The molecule has 0 amide bonds. The summed E-state index contributed by atoms with van der Waals surface area (Å²) in [5, 5.41) is 0. The van der Waals surface area contributed by atoms with E-state index in [1.54, 1.807) is 16.8 Å². The smallest absolute Gasteiger partial charge is 0.0431 e. The van der Waals surface area contributed by atoms with Crippen LogP contribution >= 0.6 is 0 Å². The van der Waals surface area contributed by atoms with Crippen LogP contribution < -0.4 is 4.90 Å². The first-order chi connectivity index (χ1) is 8.84. The van der Waals surface area contributed by atoms with E-state index in [-0.39, 0.29) is 0 Å². The summed E-state index contributed by atoms with van der Waals surface area (Å²) >= 11 is 0. The molecule has 1 aromatic rings. The molecule has 0 unspecified atom stereocenters. The fourth-order valence-electron chi connectivity index (χ4n) is 2.98. The topological polar surface area (TPSA) is 3.24 Å². The average molecular weight is 247 g/mol. The molecule has 0 fully saturated rings. The van der Waals surface area contributed by atoms with E-state index in [0.29, 0.717) is 0 Å². The van der Waals surface area contributed by atoms with Crippen LogP contribution in [0, 0.1) is 6.92 Å². The molecule has 1 heteroatoms. The van der Waals surface area contributed by atoms with Crippen LogP contribution in [0.1, 0.15) is 57.2 Å². The van der Waals surface area contributed by atoms with E-state index in [4.69, 9.17) is 0 Å². The highest BCUT2D eigenvalue weighted by Gasteiger charge is 2.23. The van der Waals surface area contributed by atoms with Crippen LogP contribution in [-0.2, 0) is 12.8 Å². The Bertz CT molecular complexity index is 337. The Morgan fingerprint density at radius 2 is 1.28 bits per heavy atom. The van der Waals surface area contributed by atoms with E-state index in [0.717, 1.165) is 0 Å². The lowest BCUT2D eigenvalue weighted by atomic mass is 9.90. The molecule has 0 saturated carbocycles. The van der Waals surface area contributed by atoms with Crippen molar-refractivity contribution in [2.45, 2.75) is 60.3 Å². The Balaban J connectivity index is 0.000000371. The zero-order chi connectivity index (χ0) is 13.5. The maximum absolute atomic E-state index is 2.59. The van der Waals surface area contributed by atoms with Gasteiger partial charge in [0.15, 0.2) is 0 Å². The minimum Gasteiger partial charge on any atom is -0.371 e. The first-order valence-corrected chi connectivity index (χ1v) is 7.72. The molecule has 0 spiro atoms. The summed E-state index contributed by atoms with van der Waals surface area (Å²) in [6.07, 6.45) is 5.27. The molecule has 1 aromatic carbocycles. The second kappa shape index (κ2) is 7.45. The standard InChI is InChI=1S/C13H17N.2C2H6/c1-10-8-11-4-2-6-14-7-3-5-12(9-10)13(11)14;2*1-2/h8-9H,2-7H2,1H3;2*1-2H3. The molecule has 0 radical (unpaired) electrons. The summed E-state index contributed by atoms with van der Waals surface area (Å²) in [7, 11) is 0. The molecule has 102 valence electrons. The predicted octanol–water partition coefficient (Wildman–Crippen LogP) is 4.75. The lowest BCUT2D eigenvalue weighted by molar-refractivity contribution is 0.633. The van der Waals surface area contributed by atoms with Crippen LogP contribution in [0.4, 0.5) is 5.69 Å². The van der Waals surface area contributed by atoms with Gasteiger partial charge < -0.3 is 4.90 Å². The Kier molecular flexibility index (Phi) is 6.24. The van der Waals surface area contributed by atoms with Gasteiger partial charge in [0.25, 0.3) is 0 Å². The Morgan fingerprint density at radius 3 is 1.72 bits per heavy atom. The Labute approximate surface area is 113 Å². The van der Waals surface area contributed by atoms with Gasteiger partial charge in [0.2, 0.25) is 0 Å². The number of hydrogen-bond donors (Lipinski definition) is 0. The lowest BCUT2D eigenvalue weighted by Gasteiger charge is -2.37. The van der Waals surface area contributed by atoms with Crippen LogP contribution in [0.3, 0.4) is 0 Å². The molecule has 2 aliphatic heterocycles. The van der Waals surface area contributed by atoms with Crippen molar-refractivity contribution in [1.29, 1.82) is 0 Å². The molecule has 1 nitrogen and oxygen atoms in total. The Hall–Kier alpha value is -0.980. The molecule has 0 atom stereocenters. The molecular weight excluding hydrogens is 218 g/mol. The van der Waals surface area contributed by atoms with E-state index in [1.807, 2.05) is 27.7 Å². The second-order valence-electron chi connectivity index (χ2n) is 4.63. The van der Waals surface area contributed by atoms with Crippen molar-refractivity contribution >= 4 is 5.69 Å². The molecule has 0 saturated heterocycles. The van der Waals surface area contributed by atoms with Gasteiger partial charge in [-0.3, -0.25) is 0 Å². The first kappa shape index (κ1) is 15.1. The van der Waals surface area contributed by atoms with E-state index in [1.165, 1.54) is 44.3 Å². The SMILES string of the molecule is CC.CC.Cc1cc2c3c(c1)CCCN3CCC2. The number of rotatable bonds is 0. The van der Waals surface area contributed by atoms with Crippen molar-refractivity contribution in [3.05, 3.63) is 28.8 Å². The van der Waals surface area contributed by atoms with Crippen LogP contribution in [0.2, 0.25) is 0 Å². The molecule has 2 aliphatic rings. The number of benzene rings is 1. The molecular formula is C17H29N. The fourth-order valence-corrected chi connectivity index (χ4v) is 2.98. The zero-order valence-corrected chi connectivity index (χ0v) is 12.8. The zero-order valence-electron chi connectivity index (χ0n) is 12.8. The van der Waals surface area contributed by atoms with Crippen molar-refractivity contribution < 1.29 is 0 Å². The van der Waals surface area contributed by atoms with E-state index >= 15 is 0 Å². The van der Waals surface area contributed by atoms with Gasteiger partial charge in [-0.1, -0.05) is 45.4 Å². The number of anilines is 1. The third-order valence-corrected chi connectivity index (χ3v) is 3.48. The van der Waals surface area contributed by atoms with Gasteiger partial charge in [0.1, 0.15) is 0 Å². The summed E-state index contributed by atoms with van der Waals surface area (Å²) in [6, 6.07) is 4.77. The van der Waals surface area contributed by atoms with Gasteiger partial charge in [-0.05, 0) is 43.7 Å². The normalized spacial score (nSPS) is 15.7. The highest BCUT2D eigenvalue weighted by atomic mass is 15.1.